The minimum atomic E-state index is -4.27. The van der Waals surface area contributed by atoms with Crippen LogP contribution in [0.15, 0.2) is 0 Å². The van der Waals surface area contributed by atoms with Gasteiger partial charge in [-0.25, -0.2) is 13.1 Å². The molecule has 90 valence electrons. The zero-order valence-electron chi connectivity index (χ0n) is 7.67. The lowest BCUT2D eigenvalue weighted by Crippen LogP contribution is -2.33. The normalized spacial score (nSPS) is 12.7. The van der Waals surface area contributed by atoms with Crippen LogP contribution in [0.5, 0.6) is 0 Å². The van der Waals surface area contributed by atoms with Gasteiger partial charge >= 0.3 is 6.18 Å². The van der Waals surface area contributed by atoms with Crippen molar-refractivity contribution in [3.63, 3.8) is 0 Å². The number of halogens is 3. The maximum atomic E-state index is 11.7. The Kier molecular flexibility index (Phi) is 5.46. The molecule has 0 aliphatic heterocycles. The second-order valence-corrected chi connectivity index (χ2v) is 5.17. The Labute approximate surface area is 91.1 Å². The fraction of sp³-hybridized carbons (Fsp3) is 0.833. The maximum absolute atomic E-state index is 11.7. The molecule has 0 heterocycles. The van der Waals surface area contributed by atoms with E-state index in [2.05, 4.69) is 12.2 Å². The first kappa shape index (κ1) is 14.6. The Morgan fingerprint density at radius 2 is 1.93 bits per heavy atom. The third-order valence-corrected chi connectivity index (χ3v) is 2.95. The first-order valence-electron chi connectivity index (χ1n) is 3.95. The third-order valence-electron chi connectivity index (χ3n) is 1.29. The lowest BCUT2D eigenvalue weighted by molar-refractivity contribution is -0.135. The van der Waals surface area contributed by atoms with Crippen LogP contribution in [-0.4, -0.2) is 31.9 Å². The number of nitrogens with two attached hydrogens (primary N) is 1. The second kappa shape index (κ2) is 5.61. The van der Waals surface area contributed by atoms with E-state index in [1.54, 1.807) is 0 Å². The summed E-state index contributed by atoms with van der Waals surface area (Å²) in [4.78, 5) is -0.224. The molecule has 3 N–H and O–H groups in total. The monoisotopic (exact) mass is 264 g/mol. The molecule has 0 atom stereocenters. The molecule has 4 nitrogen and oxygen atoms in total. The van der Waals surface area contributed by atoms with Crippen LogP contribution in [0.3, 0.4) is 0 Å². The lowest BCUT2D eigenvalue weighted by Gasteiger charge is -2.07. The van der Waals surface area contributed by atoms with E-state index in [0.29, 0.717) is 0 Å². The van der Waals surface area contributed by atoms with Gasteiger partial charge < -0.3 is 5.73 Å². The molecule has 9 heteroatoms. The van der Waals surface area contributed by atoms with E-state index in [1.807, 2.05) is 4.72 Å². The largest absolute Gasteiger partial charge is 0.392 e. The zero-order valence-corrected chi connectivity index (χ0v) is 9.31. The van der Waals surface area contributed by atoms with Gasteiger partial charge in [0.25, 0.3) is 0 Å². The van der Waals surface area contributed by atoms with Gasteiger partial charge in [0.2, 0.25) is 10.0 Å². The Morgan fingerprint density at radius 1 is 1.40 bits per heavy atom. The third kappa shape index (κ3) is 9.88. The van der Waals surface area contributed by atoms with Gasteiger partial charge in [-0.3, -0.25) is 0 Å². The molecule has 0 aromatic carbocycles. The number of hydrogen-bond acceptors (Lipinski definition) is 3. The molecule has 0 fully saturated rings. The summed E-state index contributed by atoms with van der Waals surface area (Å²) in [6.07, 6.45) is -5.60. The van der Waals surface area contributed by atoms with Crippen LogP contribution in [0.4, 0.5) is 13.2 Å². The SMILES string of the molecule is NC(=S)CS(=O)(=O)NCCCC(F)(F)F. The average molecular weight is 264 g/mol. The molecule has 0 aromatic rings. The summed E-state index contributed by atoms with van der Waals surface area (Å²) in [5.41, 5.74) is 4.98. The fourth-order valence-corrected chi connectivity index (χ4v) is 2.15. The van der Waals surface area contributed by atoms with Crippen molar-refractivity contribution in [1.29, 1.82) is 0 Å². The molecular weight excluding hydrogens is 253 g/mol. The Balaban J connectivity index is 3.82. The maximum Gasteiger partial charge on any atom is 0.389 e. The molecular formula is C6H11F3N2O2S2. The quantitative estimate of drug-likeness (QED) is 0.542. The van der Waals surface area contributed by atoms with Gasteiger partial charge in [-0.15, -0.1) is 0 Å². The van der Waals surface area contributed by atoms with Crippen LogP contribution in [0.25, 0.3) is 0 Å². The first-order chi connectivity index (χ1) is 6.62. The average Bonchev–Trinajstić information content (AvgIpc) is 1.93. The Morgan fingerprint density at radius 3 is 2.33 bits per heavy atom. The highest BCUT2D eigenvalue weighted by atomic mass is 32.2. The van der Waals surface area contributed by atoms with Crippen LogP contribution >= 0.6 is 12.2 Å². The molecule has 0 aliphatic carbocycles. The zero-order chi connectivity index (χ0) is 12.1. The summed E-state index contributed by atoms with van der Waals surface area (Å²) in [6, 6.07) is 0. The fourth-order valence-electron chi connectivity index (χ4n) is 0.755. The summed E-state index contributed by atoms with van der Waals surface area (Å²) in [5, 5.41) is 0. The first-order valence-corrected chi connectivity index (χ1v) is 6.01. The molecule has 0 aliphatic rings. The number of alkyl halides is 3. The molecule has 0 spiro atoms. The van der Waals surface area contributed by atoms with Gasteiger partial charge in [-0.05, 0) is 6.42 Å². The van der Waals surface area contributed by atoms with Crippen molar-refractivity contribution < 1.29 is 21.6 Å². The number of nitrogens with one attached hydrogen (secondary N) is 1. The van der Waals surface area contributed by atoms with Crippen molar-refractivity contribution >= 4 is 27.2 Å². The van der Waals surface area contributed by atoms with E-state index in [0.717, 1.165) is 0 Å². The number of sulfonamides is 1. The van der Waals surface area contributed by atoms with Crippen molar-refractivity contribution in [1.82, 2.24) is 4.72 Å². The lowest BCUT2D eigenvalue weighted by atomic mass is 10.3. The molecule has 0 radical (unpaired) electrons. The molecule has 0 bridgehead atoms. The van der Waals surface area contributed by atoms with E-state index in [4.69, 9.17) is 5.73 Å². The topological polar surface area (TPSA) is 72.2 Å². The summed E-state index contributed by atoms with van der Waals surface area (Å²) in [7, 11) is -3.68. The van der Waals surface area contributed by atoms with Crippen LogP contribution in [-0.2, 0) is 10.0 Å². The minimum Gasteiger partial charge on any atom is -0.392 e. The van der Waals surface area contributed by atoms with Gasteiger partial charge in [0.05, 0.1) is 4.99 Å². The molecule has 15 heavy (non-hydrogen) atoms. The van der Waals surface area contributed by atoms with E-state index in [-0.39, 0.29) is 18.0 Å². The number of hydrogen-bond donors (Lipinski definition) is 2. The van der Waals surface area contributed by atoms with Crippen LogP contribution in [0.2, 0.25) is 0 Å². The van der Waals surface area contributed by atoms with E-state index in [1.165, 1.54) is 0 Å². The summed E-state index contributed by atoms with van der Waals surface area (Å²) in [5.74, 6) is -0.547. The van der Waals surface area contributed by atoms with Gasteiger partial charge in [-0.2, -0.15) is 13.2 Å². The van der Waals surface area contributed by atoms with Gasteiger partial charge in [0.15, 0.2) is 0 Å². The predicted octanol–water partition coefficient (Wildman–Crippen LogP) is 0.534. The van der Waals surface area contributed by atoms with Crippen LogP contribution in [0, 0.1) is 0 Å². The predicted molar refractivity (Wildman–Crippen MR) is 53.9 cm³/mol. The highest BCUT2D eigenvalue weighted by Crippen LogP contribution is 2.20. The minimum absolute atomic E-state index is 0.224. The van der Waals surface area contributed by atoms with Gasteiger partial charge in [0.1, 0.15) is 5.75 Å². The highest BCUT2D eigenvalue weighted by molar-refractivity contribution is 7.92. The van der Waals surface area contributed by atoms with Crippen molar-refractivity contribution in [3.05, 3.63) is 0 Å². The summed E-state index contributed by atoms with van der Waals surface area (Å²) < 4.78 is 59.0. The van der Waals surface area contributed by atoms with Crippen molar-refractivity contribution in [2.75, 3.05) is 12.3 Å². The number of thiocarbonyl (C=S) groups is 1. The van der Waals surface area contributed by atoms with E-state index in [9.17, 15) is 21.6 Å². The second-order valence-electron chi connectivity index (χ2n) is 2.84. The van der Waals surface area contributed by atoms with Crippen molar-refractivity contribution in [3.8, 4) is 0 Å². The van der Waals surface area contributed by atoms with Gasteiger partial charge in [0, 0.05) is 13.0 Å². The Bertz CT molecular complexity index is 313. The van der Waals surface area contributed by atoms with Crippen molar-refractivity contribution in [2.24, 2.45) is 5.73 Å². The molecule has 0 saturated heterocycles. The number of rotatable bonds is 6. The summed E-state index contributed by atoms with van der Waals surface area (Å²) in [6.45, 7) is -0.273. The highest BCUT2D eigenvalue weighted by Gasteiger charge is 2.26. The molecule has 0 aromatic heterocycles. The summed E-state index contributed by atoms with van der Waals surface area (Å²) >= 11 is 4.36. The van der Waals surface area contributed by atoms with Crippen molar-refractivity contribution in [2.45, 2.75) is 19.0 Å². The standard InChI is InChI=1S/C6H11F3N2O2S2/c7-6(8,9)2-1-3-11-15(12,13)4-5(10)14/h11H,1-4H2,(H2,10,14). The van der Waals surface area contributed by atoms with Crippen LogP contribution in [0.1, 0.15) is 12.8 Å². The Hall–Kier alpha value is -0.410. The molecule has 0 amide bonds. The smallest absolute Gasteiger partial charge is 0.389 e. The van der Waals surface area contributed by atoms with E-state index < -0.39 is 28.4 Å². The van der Waals surface area contributed by atoms with E-state index >= 15 is 0 Å². The van der Waals surface area contributed by atoms with Crippen LogP contribution < -0.4 is 10.5 Å². The molecule has 0 rings (SSSR count). The van der Waals surface area contributed by atoms with Gasteiger partial charge in [-0.1, -0.05) is 12.2 Å². The molecule has 0 unspecified atom stereocenters. The molecule has 0 saturated carbocycles.